The van der Waals surface area contributed by atoms with Crippen molar-refractivity contribution in [1.29, 1.82) is 0 Å². The molecule has 1 unspecified atom stereocenters. The molecule has 0 radical (unpaired) electrons. The average molecular weight is 579 g/mol. The highest BCUT2D eigenvalue weighted by molar-refractivity contribution is 7.92. The Morgan fingerprint density at radius 2 is 1.75 bits per heavy atom. The molecule has 36 heavy (non-hydrogen) atoms. The topological polar surface area (TPSA) is 96.0 Å². The normalized spacial score (nSPS) is 12.1. The molecule has 0 heterocycles. The highest BCUT2D eigenvalue weighted by Crippen LogP contribution is 2.33. The van der Waals surface area contributed by atoms with Crippen molar-refractivity contribution in [2.24, 2.45) is 0 Å². The molecule has 0 aromatic heterocycles. The van der Waals surface area contributed by atoms with Crippen LogP contribution >= 0.6 is 34.8 Å². The molecule has 12 heteroatoms. The molecule has 2 rings (SSSR count). The minimum atomic E-state index is -3.95. The zero-order valence-corrected chi connectivity index (χ0v) is 23.6. The fraction of sp³-hybridized carbons (Fsp3) is 0.417. The van der Waals surface area contributed by atoms with Gasteiger partial charge >= 0.3 is 0 Å². The fourth-order valence-electron chi connectivity index (χ4n) is 3.43. The first-order valence-electron chi connectivity index (χ1n) is 11.2. The lowest BCUT2D eigenvalue weighted by Crippen LogP contribution is -2.51. The van der Waals surface area contributed by atoms with Crippen molar-refractivity contribution in [1.82, 2.24) is 10.2 Å². The van der Waals surface area contributed by atoms with Crippen LogP contribution in [-0.4, -0.2) is 57.6 Å². The van der Waals surface area contributed by atoms with Crippen molar-refractivity contribution in [3.05, 3.63) is 57.0 Å². The van der Waals surface area contributed by atoms with Crippen LogP contribution in [0.4, 0.5) is 5.69 Å². The molecule has 0 spiro atoms. The summed E-state index contributed by atoms with van der Waals surface area (Å²) < 4.78 is 31.7. The second kappa shape index (κ2) is 13.4. The maximum absolute atomic E-state index is 13.6. The van der Waals surface area contributed by atoms with Gasteiger partial charge in [0.25, 0.3) is 0 Å². The summed E-state index contributed by atoms with van der Waals surface area (Å²) in [6.07, 6.45) is 2.63. The number of nitrogens with one attached hydrogen (secondary N) is 1. The third kappa shape index (κ3) is 7.90. The Morgan fingerprint density at radius 3 is 2.31 bits per heavy atom. The Morgan fingerprint density at radius 1 is 1.11 bits per heavy atom. The van der Waals surface area contributed by atoms with Gasteiger partial charge in [-0.05, 0) is 43.7 Å². The molecule has 2 aromatic rings. The standard InChI is InChI=1S/C24H30Cl3N3O5S/c1-5-6-12-28-24(32)16(2)29(14-18-19(26)8-7-9-20(18)27)23(31)15-30(36(4,33)34)21-13-17(25)10-11-22(21)35-3/h7-11,13,16H,5-6,12,14-15H2,1-4H3,(H,28,32). The number of methoxy groups -OCH3 is 1. The first-order valence-corrected chi connectivity index (χ1v) is 14.2. The third-order valence-corrected chi connectivity index (χ3v) is 7.55. The van der Waals surface area contributed by atoms with E-state index in [0.29, 0.717) is 22.2 Å². The smallest absolute Gasteiger partial charge is 0.244 e. The second-order valence-corrected chi connectivity index (χ2v) is 11.3. The number of benzene rings is 2. The summed E-state index contributed by atoms with van der Waals surface area (Å²) in [6, 6.07) is 8.41. The minimum Gasteiger partial charge on any atom is -0.495 e. The zero-order valence-electron chi connectivity index (χ0n) is 20.6. The summed E-state index contributed by atoms with van der Waals surface area (Å²) in [4.78, 5) is 27.8. The van der Waals surface area contributed by atoms with Gasteiger partial charge in [-0.15, -0.1) is 0 Å². The largest absolute Gasteiger partial charge is 0.495 e. The van der Waals surface area contributed by atoms with Gasteiger partial charge in [0, 0.05) is 33.7 Å². The van der Waals surface area contributed by atoms with E-state index in [1.54, 1.807) is 31.2 Å². The van der Waals surface area contributed by atoms with Crippen LogP contribution in [-0.2, 0) is 26.2 Å². The highest BCUT2D eigenvalue weighted by atomic mass is 35.5. The predicted octanol–water partition coefficient (Wildman–Crippen LogP) is 4.76. The lowest BCUT2D eigenvalue weighted by Gasteiger charge is -2.32. The van der Waals surface area contributed by atoms with E-state index in [2.05, 4.69) is 5.32 Å². The molecule has 1 N–H and O–H groups in total. The Balaban J connectivity index is 2.48. The predicted molar refractivity (Wildman–Crippen MR) is 145 cm³/mol. The van der Waals surface area contributed by atoms with E-state index < -0.39 is 28.5 Å². The van der Waals surface area contributed by atoms with Crippen LogP contribution in [0.3, 0.4) is 0 Å². The quantitative estimate of drug-likeness (QED) is 0.367. The van der Waals surface area contributed by atoms with E-state index in [-0.39, 0.29) is 28.9 Å². The van der Waals surface area contributed by atoms with Gasteiger partial charge in [0.05, 0.1) is 19.1 Å². The summed E-state index contributed by atoms with van der Waals surface area (Å²) in [6.45, 7) is 3.29. The van der Waals surface area contributed by atoms with Crippen LogP contribution in [0, 0.1) is 0 Å². The van der Waals surface area contributed by atoms with Crippen molar-refractivity contribution in [2.75, 3.05) is 30.8 Å². The number of hydrogen-bond acceptors (Lipinski definition) is 5. The van der Waals surface area contributed by atoms with E-state index in [1.807, 2.05) is 6.92 Å². The van der Waals surface area contributed by atoms with Gasteiger partial charge in [0.1, 0.15) is 18.3 Å². The maximum Gasteiger partial charge on any atom is 0.244 e. The van der Waals surface area contributed by atoms with Gasteiger partial charge in [0.2, 0.25) is 21.8 Å². The van der Waals surface area contributed by atoms with Gasteiger partial charge in [-0.25, -0.2) is 8.42 Å². The van der Waals surface area contributed by atoms with Crippen LogP contribution in [0.25, 0.3) is 0 Å². The number of ether oxygens (including phenoxy) is 1. The number of nitrogens with zero attached hydrogens (tertiary/aromatic N) is 2. The molecule has 1 atom stereocenters. The molecule has 0 aliphatic rings. The maximum atomic E-state index is 13.6. The number of unbranched alkanes of at least 4 members (excludes halogenated alkanes) is 1. The van der Waals surface area contributed by atoms with Crippen LogP contribution < -0.4 is 14.4 Å². The highest BCUT2D eigenvalue weighted by Gasteiger charge is 2.32. The molecule has 2 amide bonds. The molecule has 0 aliphatic heterocycles. The van der Waals surface area contributed by atoms with Gasteiger partial charge < -0.3 is 15.0 Å². The summed E-state index contributed by atoms with van der Waals surface area (Å²) in [7, 11) is -2.58. The second-order valence-electron chi connectivity index (χ2n) is 8.13. The van der Waals surface area contributed by atoms with Gasteiger partial charge in [0.15, 0.2) is 0 Å². The number of amides is 2. The minimum absolute atomic E-state index is 0.0941. The summed E-state index contributed by atoms with van der Waals surface area (Å²) in [5.74, 6) is -0.813. The molecule has 0 bridgehead atoms. The first-order chi connectivity index (χ1) is 16.9. The molecule has 0 saturated heterocycles. The fourth-order valence-corrected chi connectivity index (χ4v) is 4.95. The van der Waals surface area contributed by atoms with E-state index in [9.17, 15) is 18.0 Å². The van der Waals surface area contributed by atoms with E-state index in [1.165, 1.54) is 24.1 Å². The SMILES string of the molecule is CCCCNC(=O)C(C)N(Cc1c(Cl)cccc1Cl)C(=O)CN(c1cc(Cl)ccc1OC)S(C)(=O)=O. The molecular formula is C24H30Cl3N3O5S. The summed E-state index contributed by atoms with van der Waals surface area (Å²) in [5, 5.41) is 3.70. The number of sulfonamides is 1. The Kier molecular flexibility index (Phi) is 11.2. The van der Waals surface area contributed by atoms with Crippen molar-refractivity contribution >= 4 is 62.3 Å². The van der Waals surface area contributed by atoms with Crippen LogP contribution in [0.15, 0.2) is 36.4 Å². The Labute approximate surface area is 227 Å². The summed E-state index contributed by atoms with van der Waals surface area (Å²) in [5.41, 5.74) is 0.533. The summed E-state index contributed by atoms with van der Waals surface area (Å²) >= 11 is 18.8. The Hall–Kier alpha value is -2.20. The molecule has 0 saturated carbocycles. The molecular weight excluding hydrogens is 549 g/mol. The Bertz CT molecular complexity index is 1170. The lowest BCUT2D eigenvalue weighted by atomic mass is 10.1. The van der Waals surface area contributed by atoms with Crippen LogP contribution in [0.5, 0.6) is 5.75 Å². The zero-order chi connectivity index (χ0) is 27.0. The van der Waals surface area contributed by atoms with E-state index in [0.717, 1.165) is 23.4 Å². The monoisotopic (exact) mass is 577 g/mol. The van der Waals surface area contributed by atoms with Crippen LogP contribution in [0.1, 0.15) is 32.3 Å². The molecule has 8 nitrogen and oxygen atoms in total. The van der Waals surface area contributed by atoms with Crippen molar-refractivity contribution in [3.63, 3.8) is 0 Å². The number of halogens is 3. The molecule has 0 fully saturated rings. The van der Waals surface area contributed by atoms with Crippen LogP contribution in [0.2, 0.25) is 15.1 Å². The average Bonchev–Trinajstić information content (AvgIpc) is 2.81. The van der Waals surface area contributed by atoms with E-state index in [4.69, 9.17) is 39.5 Å². The number of anilines is 1. The third-order valence-electron chi connectivity index (χ3n) is 5.48. The van der Waals surface area contributed by atoms with Gasteiger partial charge in [-0.3, -0.25) is 13.9 Å². The number of rotatable bonds is 12. The lowest BCUT2D eigenvalue weighted by molar-refractivity contribution is -0.139. The number of hydrogen-bond donors (Lipinski definition) is 1. The first kappa shape index (κ1) is 30.0. The van der Waals surface area contributed by atoms with Crippen molar-refractivity contribution < 1.29 is 22.7 Å². The molecule has 198 valence electrons. The van der Waals surface area contributed by atoms with Gasteiger partial charge in [-0.1, -0.05) is 54.2 Å². The number of carbonyl (C=O) groups is 2. The molecule has 0 aliphatic carbocycles. The number of carbonyl (C=O) groups excluding carboxylic acids is 2. The van der Waals surface area contributed by atoms with Crippen molar-refractivity contribution in [2.45, 2.75) is 39.3 Å². The molecule has 2 aromatic carbocycles. The van der Waals surface area contributed by atoms with Gasteiger partial charge in [-0.2, -0.15) is 0 Å². The van der Waals surface area contributed by atoms with E-state index >= 15 is 0 Å². The van der Waals surface area contributed by atoms with Crippen molar-refractivity contribution in [3.8, 4) is 5.75 Å².